The molecule has 1 unspecified atom stereocenters. The molecule has 1 spiro atoms. The Morgan fingerprint density at radius 3 is 2.56 bits per heavy atom. The summed E-state index contributed by atoms with van der Waals surface area (Å²) in [5.74, 6) is 0.0160. The number of hydrogen-bond acceptors (Lipinski definition) is 8. The molecule has 4 N–H and O–H groups in total. The van der Waals surface area contributed by atoms with Crippen molar-refractivity contribution in [3.8, 4) is 5.75 Å². The number of hydrogen-bond donors (Lipinski definition) is 4. The number of nitrogens with zero attached hydrogens (tertiary/aromatic N) is 2. The number of fused-ring (bicyclic) bond motifs is 3. The second-order valence-electron chi connectivity index (χ2n) is 12.8. The van der Waals surface area contributed by atoms with Gasteiger partial charge < -0.3 is 34.7 Å². The zero-order chi connectivity index (χ0) is 32.5. The van der Waals surface area contributed by atoms with E-state index in [1.165, 1.54) is 0 Å². The average molecular weight is 638 g/mol. The lowest BCUT2D eigenvalue weighted by molar-refractivity contribution is -0.146. The summed E-state index contributed by atoms with van der Waals surface area (Å²) in [6.07, 6.45) is 3.37. The van der Waals surface area contributed by atoms with Gasteiger partial charge in [0.1, 0.15) is 5.75 Å². The van der Waals surface area contributed by atoms with Gasteiger partial charge in [0.05, 0.1) is 30.1 Å². The van der Waals surface area contributed by atoms with E-state index in [2.05, 4.69) is 11.9 Å². The van der Waals surface area contributed by atoms with Crippen LogP contribution >= 0.6 is 0 Å². The summed E-state index contributed by atoms with van der Waals surface area (Å²) in [6, 6.07) is 10.9. The van der Waals surface area contributed by atoms with Crippen LogP contribution in [0.2, 0.25) is 18.6 Å². The number of nitrogens with one attached hydrogen (secondary N) is 1. The number of carbonyl (C=O) groups is 2. The minimum absolute atomic E-state index is 0.0991. The summed E-state index contributed by atoms with van der Waals surface area (Å²) < 4.78 is 12.5. The number of benzene rings is 2. The van der Waals surface area contributed by atoms with Crippen LogP contribution in [0.4, 0.5) is 17.1 Å². The van der Waals surface area contributed by atoms with Gasteiger partial charge in [-0.2, -0.15) is 0 Å². The third-order valence-corrected chi connectivity index (χ3v) is 12.0. The lowest BCUT2D eigenvalue weighted by Gasteiger charge is -2.36. The van der Waals surface area contributed by atoms with Crippen molar-refractivity contribution in [3.63, 3.8) is 0 Å². The summed E-state index contributed by atoms with van der Waals surface area (Å²) in [6.45, 7) is 12.8. The number of rotatable bonds is 13. The van der Waals surface area contributed by atoms with Crippen molar-refractivity contribution in [2.45, 2.75) is 75.9 Å². The summed E-state index contributed by atoms with van der Waals surface area (Å²) in [7, 11) is -2.84. The molecule has 45 heavy (non-hydrogen) atoms. The molecule has 0 saturated carbocycles. The second kappa shape index (κ2) is 13.3. The Labute approximate surface area is 266 Å². The maximum Gasteiger partial charge on any atom is 0.264 e. The van der Waals surface area contributed by atoms with Gasteiger partial charge in [0, 0.05) is 42.5 Å². The summed E-state index contributed by atoms with van der Waals surface area (Å²) in [4.78, 5) is 43.3. The minimum Gasteiger partial charge on any atom is -0.494 e. The fourth-order valence-electron chi connectivity index (χ4n) is 7.63. The van der Waals surface area contributed by atoms with Gasteiger partial charge in [-0.05, 0) is 94.2 Å². The first-order valence-electron chi connectivity index (χ1n) is 16.1. The molecule has 0 aliphatic carbocycles. The first-order valence-corrected chi connectivity index (χ1v) is 19.1. The number of anilines is 3. The standard InChI is InChI=1S/C34H47N3O7Si/c1-6-16-36-29-12-10-24(21-26(29)34(33(36)41)22(3)31(45(4,5)42)30(44-34)14-18-39)37-28-13-11-25(43-7-2)19-23(28)20-27(32(37)40)35-15-8-9-17-38/h6,10-13,19,21-22,27,30-31,35,38-39,42H,1,7-9,14-18,20H2,2-5H3/t22-,27?,30+,31-,34+/m0/s1. The lowest BCUT2D eigenvalue weighted by atomic mass is 9.82. The van der Waals surface area contributed by atoms with E-state index >= 15 is 0 Å². The highest BCUT2D eigenvalue weighted by Gasteiger charge is 2.66. The van der Waals surface area contributed by atoms with E-state index in [9.17, 15) is 24.6 Å². The molecule has 0 radical (unpaired) electrons. The fraction of sp³-hybridized carbons (Fsp3) is 0.529. The van der Waals surface area contributed by atoms with Crippen LogP contribution in [0.3, 0.4) is 0 Å². The molecule has 10 nitrogen and oxygen atoms in total. The normalized spacial score (nSPS) is 26.0. The Bertz CT molecular complexity index is 1430. The third kappa shape index (κ3) is 5.86. The Morgan fingerprint density at radius 2 is 1.89 bits per heavy atom. The molecule has 3 aliphatic rings. The van der Waals surface area contributed by atoms with Crippen LogP contribution in [-0.2, 0) is 26.3 Å². The van der Waals surface area contributed by atoms with E-state index in [4.69, 9.17) is 9.47 Å². The highest BCUT2D eigenvalue weighted by molar-refractivity contribution is 6.71. The van der Waals surface area contributed by atoms with E-state index < -0.39 is 26.1 Å². The van der Waals surface area contributed by atoms with Gasteiger partial charge in [-0.3, -0.25) is 14.5 Å². The second-order valence-corrected chi connectivity index (χ2v) is 16.8. The summed E-state index contributed by atoms with van der Waals surface area (Å²) in [5.41, 5.74) is 1.98. The molecule has 244 valence electrons. The van der Waals surface area contributed by atoms with Crippen LogP contribution in [-0.4, -0.2) is 80.2 Å². The van der Waals surface area contributed by atoms with Crippen LogP contribution < -0.4 is 19.9 Å². The smallest absolute Gasteiger partial charge is 0.264 e. The summed E-state index contributed by atoms with van der Waals surface area (Å²) in [5, 5.41) is 22.5. The first-order chi connectivity index (χ1) is 21.5. The van der Waals surface area contributed by atoms with E-state index in [1.54, 1.807) is 15.9 Å². The number of aliphatic hydroxyl groups excluding tert-OH is 2. The van der Waals surface area contributed by atoms with Gasteiger partial charge in [0.15, 0.2) is 13.9 Å². The van der Waals surface area contributed by atoms with Gasteiger partial charge >= 0.3 is 0 Å². The van der Waals surface area contributed by atoms with E-state index in [1.807, 2.05) is 63.3 Å². The minimum atomic E-state index is -2.84. The molecule has 11 heteroatoms. The van der Waals surface area contributed by atoms with Crippen LogP contribution in [0.15, 0.2) is 49.1 Å². The molecule has 3 heterocycles. The largest absolute Gasteiger partial charge is 0.494 e. The Morgan fingerprint density at radius 1 is 1.13 bits per heavy atom. The van der Waals surface area contributed by atoms with Crippen molar-refractivity contribution in [1.82, 2.24) is 5.32 Å². The highest BCUT2D eigenvalue weighted by atomic mass is 28.4. The van der Waals surface area contributed by atoms with Crippen molar-refractivity contribution in [3.05, 3.63) is 60.2 Å². The molecule has 2 aromatic carbocycles. The van der Waals surface area contributed by atoms with Crippen LogP contribution in [0.5, 0.6) is 5.75 Å². The predicted molar refractivity (Wildman–Crippen MR) is 176 cm³/mol. The summed E-state index contributed by atoms with van der Waals surface area (Å²) >= 11 is 0. The molecule has 2 aromatic rings. The third-order valence-electron chi connectivity index (χ3n) is 9.47. The van der Waals surface area contributed by atoms with Crippen LogP contribution in [0, 0.1) is 5.92 Å². The Hall–Kier alpha value is -3.06. The Balaban J connectivity index is 1.63. The quantitative estimate of drug-likeness (QED) is 0.148. The number of ether oxygens (including phenoxy) is 2. The van der Waals surface area contributed by atoms with Crippen molar-refractivity contribution in [2.75, 3.05) is 42.7 Å². The monoisotopic (exact) mass is 637 g/mol. The molecule has 0 bridgehead atoms. The molecular weight excluding hydrogens is 590 g/mol. The van der Waals surface area contributed by atoms with Gasteiger partial charge in [-0.15, -0.1) is 6.58 Å². The Kier molecular flexibility index (Phi) is 9.88. The molecule has 5 rings (SSSR count). The molecule has 3 aliphatic heterocycles. The number of carbonyl (C=O) groups excluding carboxylic acids is 2. The molecule has 1 saturated heterocycles. The number of amides is 2. The molecule has 0 aromatic heterocycles. The molecule has 5 atom stereocenters. The van der Waals surface area contributed by atoms with Crippen LogP contribution in [0.1, 0.15) is 44.2 Å². The van der Waals surface area contributed by atoms with E-state index in [0.717, 1.165) is 23.4 Å². The van der Waals surface area contributed by atoms with Gasteiger partial charge in [-0.1, -0.05) is 13.0 Å². The maximum atomic E-state index is 14.4. The van der Waals surface area contributed by atoms with Gasteiger partial charge in [-0.25, -0.2) is 0 Å². The van der Waals surface area contributed by atoms with Gasteiger partial charge in [0.25, 0.3) is 5.91 Å². The zero-order valence-electron chi connectivity index (χ0n) is 26.8. The lowest BCUT2D eigenvalue weighted by Crippen LogP contribution is -2.49. The van der Waals surface area contributed by atoms with Crippen molar-refractivity contribution in [2.24, 2.45) is 5.92 Å². The zero-order valence-corrected chi connectivity index (χ0v) is 27.8. The molecule has 2 amide bonds. The molecular formula is C34H47N3O7Si. The van der Waals surface area contributed by atoms with E-state index in [-0.39, 0.29) is 43.0 Å². The average Bonchev–Trinajstić information content (AvgIpc) is 3.42. The van der Waals surface area contributed by atoms with Crippen molar-refractivity contribution < 1.29 is 34.1 Å². The SMILES string of the molecule is C=CCN1C(=O)[C@]2(O[C@H](CCO)[C@@H]([Si](C)(C)O)[C@@H]2C)c2cc(N3C(=O)C(NCCCCO)Cc4cc(OCC)ccc43)ccc21. The van der Waals surface area contributed by atoms with E-state index in [0.29, 0.717) is 49.4 Å². The first kappa shape index (κ1) is 33.3. The molecule has 1 fully saturated rings. The number of unbranched alkanes of at least 4 members (excludes halogenated alkanes) is 1. The highest BCUT2D eigenvalue weighted by Crippen LogP contribution is 2.60. The number of aliphatic hydroxyl groups is 2. The predicted octanol–water partition coefficient (Wildman–Crippen LogP) is 3.75. The fourth-order valence-corrected chi connectivity index (χ4v) is 10.2. The maximum absolute atomic E-state index is 14.4. The van der Waals surface area contributed by atoms with Gasteiger partial charge in [0.2, 0.25) is 5.91 Å². The van der Waals surface area contributed by atoms with Crippen molar-refractivity contribution >= 4 is 37.2 Å². The van der Waals surface area contributed by atoms with Crippen molar-refractivity contribution in [1.29, 1.82) is 0 Å². The topological polar surface area (TPSA) is 132 Å². The van der Waals surface area contributed by atoms with Crippen LogP contribution in [0.25, 0.3) is 0 Å².